The lowest BCUT2D eigenvalue weighted by Crippen LogP contribution is -2.12. The molecule has 0 unspecified atom stereocenters. The minimum absolute atomic E-state index is 0.0469. The number of fused-ring (bicyclic) bond motifs is 1. The molecule has 0 aliphatic rings. The number of aromatic nitrogens is 2. The van der Waals surface area contributed by atoms with Crippen molar-refractivity contribution in [3.63, 3.8) is 0 Å². The fourth-order valence-corrected chi connectivity index (χ4v) is 3.14. The van der Waals surface area contributed by atoms with E-state index in [4.69, 9.17) is 4.74 Å². The Morgan fingerprint density at radius 1 is 1.14 bits per heavy atom. The first-order valence-electron chi connectivity index (χ1n) is 6.97. The number of nitrogens with zero attached hydrogens (tertiary/aromatic N) is 1. The fourth-order valence-electron chi connectivity index (χ4n) is 2.21. The number of benzene rings is 2. The largest absolute Gasteiger partial charge is 0.497 e. The molecular weight excluding hydrogens is 296 g/mol. The topological polar surface area (TPSA) is 55.0 Å². The number of thioether (sulfide) groups is 1. The average Bonchev–Trinajstić information content (AvgIpc) is 2.55. The van der Waals surface area contributed by atoms with Gasteiger partial charge in [-0.1, -0.05) is 12.1 Å². The van der Waals surface area contributed by atoms with Crippen molar-refractivity contribution >= 4 is 22.7 Å². The normalized spacial score (nSPS) is 12.3. The molecule has 0 aliphatic carbocycles. The van der Waals surface area contributed by atoms with E-state index in [1.165, 1.54) is 0 Å². The second-order valence-corrected chi connectivity index (χ2v) is 6.32. The van der Waals surface area contributed by atoms with Gasteiger partial charge in [-0.25, -0.2) is 4.98 Å². The van der Waals surface area contributed by atoms with Gasteiger partial charge < -0.3 is 9.72 Å². The van der Waals surface area contributed by atoms with Crippen molar-refractivity contribution in [2.24, 2.45) is 0 Å². The summed E-state index contributed by atoms with van der Waals surface area (Å²) >= 11 is 1.64. The molecule has 0 saturated carbocycles. The van der Waals surface area contributed by atoms with Crippen LogP contribution in [0.5, 0.6) is 5.75 Å². The first-order chi connectivity index (χ1) is 10.7. The zero-order valence-corrected chi connectivity index (χ0v) is 13.2. The number of methoxy groups -OCH3 is 1. The zero-order valence-electron chi connectivity index (χ0n) is 12.4. The standard InChI is InChI=1S/C17H16N2O2S/c1-11(22-13-9-7-12(21-2)8-10-13)16-18-15-6-4-3-5-14(15)17(20)19-16/h3-11H,1-2H3,(H,18,19,20)/t11-/m0/s1. The molecule has 2 aromatic carbocycles. The quantitative estimate of drug-likeness (QED) is 0.745. The first-order valence-corrected chi connectivity index (χ1v) is 7.85. The van der Waals surface area contributed by atoms with Gasteiger partial charge in [0.2, 0.25) is 0 Å². The van der Waals surface area contributed by atoms with Crippen molar-refractivity contribution in [1.82, 2.24) is 9.97 Å². The van der Waals surface area contributed by atoms with Crippen LogP contribution in [0.2, 0.25) is 0 Å². The van der Waals surface area contributed by atoms with Crippen LogP contribution in [0.25, 0.3) is 10.9 Å². The monoisotopic (exact) mass is 312 g/mol. The van der Waals surface area contributed by atoms with Crippen LogP contribution in [-0.2, 0) is 0 Å². The fraction of sp³-hybridized carbons (Fsp3) is 0.176. The Bertz CT molecular complexity index is 843. The van der Waals surface area contributed by atoms with Crippen molar-refractivity contribution in [1.29, 1.82) is 0 Å². The molecule has 1 atom stereocenters. The molecule has 112 valence electrons. The van der Waals surface area contributed by atoms with Gasteiger partial charge in [0.1, 0.15) is 11.6 Å². The SMILES string of the molecule is COc1ccc(S[C@@H](C)c2nc3ccccc3c(=O)[nH]2)cc1. The number of hydrogen-bond donors (Lipinski definition) is 1. The second kappa shape index (κ2) is 6.23. The Hall–Kier alpha value is -2.27. The van der Waals surface area contributed by atoms with Gasteiger partial charge in [-0.05, 0) is 43.3 Å². The molecule has 0 amide bonds. The lowest BCUT2D eigenvalue weighted by molar-refractivity contribution is 0.414. The van der Waals surface area contributed by atoms with Crippen molar-refractivity contribution in [3.8, 4) is 5.75 Å². The van der Waals surface area contributed by atoms with Crippen LogP contribution in [0.1, 0.15) is 18.0 Å². The van der Waals surface area contributed by atoms with Gasteiger partial charge in [-0.2, -0.15) is 0 Å². The molecule has 1 heterocycles. The number of para-hydroxylation sites is 1. The van der Waals surface area contributed by atoms with Gasteiger partial charge in [0.15, 0.2) is 0 Å². The Balaban J connectivity index is 1.88. The summed E-state index contributed by atoms with van der Waals surface area (Å²) in [7, 11) is 1.65. The average molecular weight is 312 g/mol. The molecule has 3 aromatic rings. The number of nitrogens with one attached hydrogen (secondary N) is 1. The van der Waals surface area contributed by atoms with E-state index in [9.17, 15) is 4.79 Å². The van der Waals surface area contributed by atoms with Gasteiger partial charge in [-0.3, -0.25) is 4.79 Å². The number of rotatable bonds is 4. The second-order valence-electron chi connectivity index (χ2n) is 4.90. The number of aromatic amines is 1. The van der Waals surface area contributed by atoms with E-state index in [1.807, 2.05) is 49.4 Å². The summed E-state index contributed by atoms with van der Waals surface area (Å²) < 4.78 is 5.15. The highest BCUT2D eigenvalue weighted by Crippen LogP contribution is 2.33. The summed E-state index contributed by atoms with van der Waals surface area (Å²) in [5.41, 5.74) is 0.631. The first kappa shape index (κ1) is 14.7. The van der Waals surface area contributed by atoms with Crippen molar-refractivity contribution in [2.75, 3.05) is 7.11 Å². The summed E-state index contributed by atoms with van der Waals surface area (Å²) in [5.74, 6) is 1.51. The molecule has 0 spiro atoms. The van der Waals surface area contributed by atoms with Crippen molar-refractivity contribution in [3.05, 3.63) is 64.7 Å². The lowest BCUT2D eigenvalue weighted by atomic mass is 10.2. The maximum Gasteiger partial charge on any atom is 0.258 e. The summed E-state index contributed by atoms with van der Waals surface area (Å²) in [6.45, 7) is 2.03. The van der Waals surface area contributed by atoms with E-state index in [2.05, 4.69) is 9.97 Å². The number of ether oxygens (including phenoxy) is 1. The van der Waals surface area contributed by atoms with Crippen molar-refractivity contribution in [2.45, 2.75) is 17.1 Å². The van der Waals surface area contributed by atoms with Gasteiger partial charge in [-0.15, -0.1) is 11.8 Å². The Labute approximate surface area is 132 Å². The smallest absolute Gasteiger partial charge is 0.258 e. The molecule has 0 bridgehead atoms. The summed E-state index contributed by atoms with van der Waals surface area (Å²) in [4.78, 5) is 20.7. The molecular formula is C17H16N2O2S. The van der Waals surface area contributed by atoms with E-state index in [1.54, 1.807) is 24.9 Å². The van der Waals surface area contributed by atoms with Crippen LogP contribution in [0, 0.1) is 0 Å². The van der Waals surface area contributed by atoms with Crippen molar-refractivity contribution < 1.29 is 4.74 Å². The summed E-state index contributed by atoms with van der Waals surface area (Å²) in [6.07, 6.45) is 0. The molecule has 0 fully saturated rings. The van der Waals surface area contributed by atoms with Gasteiger partial charge in [0, 0.05) is 4.90 Å². The highest BCUT2D eigenvalue weighted by Gasteiger charge is 2.12. The van der Waals surface area contributed by atoms with Crippen LogP contribution in [-0.4, -0.2) is 17.1 Å². The van der Waals surface area contributed by atoms with Crippen LogP contribution in [0.3, 0.4) is 0 Å². The molecule has 0 saturated heterocycles. The summed E-state index contributed by atoms with van der Waals surface area (Å²) in [5, 5.41) is 0.665. The van der Waals surface area contributed by atoms with E-state index >= 15 is 0 Å². The van der Waals surface area contributed by atoms with Crippen LogP contribution in [0.15, 0.2) is 58.2 Å². The van der Waals surface area contributed by atoms with Gasteiger partial charge in [0.25, 0.3) is 5.56 Å². The minimum atomic E-state index is -0.0946. The van der Waals surface area contributed by atoms with Gasteiger partial charge in [0.05, 0.1) is 23.3 Å². The molecule has 5 heteroatoms. The maximum absolute atomic E-state index is 12.1. The zero-order chi connectivity index (χ0) is 15.5. The molecule has 22 heavy (non-hydrogen) atoms. The summed E-state index contributed by atoms with van der Waals surface area (Å²) in [6, 6.07) is 15.2. The molecule has 4 nitrogen and oxygen atoms in total. The molecule has 1 aromatic heterocycles. The Morgan fingerprint density at radius 2 is 1.86 bits per heavy atom. The van der Waals surface area contributed by atoms with Crippen LogP contribution < -0.4 is 10.3 Å². The highest BCUT2D eigenvalue weighted by molar-refractivity contribution is 7.99. The Kier molecular flexibility index (Phi) is 4.15. The van der Waals surface area contributed by atoms with Crippen LogP contribution in [0.4, 0.5) is 0 Å². The molecule has 0 radical (unpaired) electrons. The highest BCUT2D eigenvalue weighted by atomic mass is 32.2. The molecule has 3 rings (SSSR count). The Morgan fingerprint density at radius 3 is 2.59 bits per heavy atom. The lowest BCUT2D eigenvalue weighted by Gasteiger charge is -2.11. The molecule has 0 aliphatic heterocycles. The minimum Gasteiger partial charge on any atom is -0.497 e. The number of H-pyrrole nitrogens is 1. The molecule has 1 N–H and O–H groups in total. The third kappa shape index (κ3) is 2.99. The predicted octanol–water partition coefficient (Wildman–Crippen LogP) is 3.79. The van der Waals surface area contributed by atoms with Gasteiger partial charge >= 0.3 is 0 Å². The maximum atomic E-state index is 12.1. The van der Waals surface area contributed by atoms with E-state index in [0.717, 1.165) is 16.2 Å². The van der Waals surface area contributed by atoms with E-state index in [-0.39, 0.29) is 10.8 Å². The number of hydrogen-bond acceptors (Lipinski definition) is 4. The van der Waals surface area contributed by atoms with E-state index < -0.39 is 0 Å². The third-order valence-corrected chi connectivity index (χ3v) is 4.51. The van der Waals surface area contributed by atoms with Crippen LogP contribution >= 0.6 is 11.8 Å². The third-order valence-electron chi connectivity index (χ3n) is 3.39. The predicted molar refractivity (Wildman–Crippen MR) is 89.6 cm³/mol. The van der Waals surface area contributed by atoms with E-state index in [0.29, 0.717) is 11.2 Å².